The van der Waals surface area contributed by atoms with E-state index in [2.05, 4.69) is 46.8 Å². The van der Waals surface area contributed by atoms with Crippen LogP contribution in [-0.4, -0.2) is 22.1 Å². The predicted octanol–water partition coefficient (Wildman–Crippen LogP) is 3.43. The first-order valence-corrected chi connectivity index (χ1v) is 6.84. The summed E-state index contributed by atoms with van der Waals surface area (Å²) in [6, 6.07) is 3.46. The Morgan fingerprint density at radius 1 is 1.11 bits per heavy atom. The molecule has 0 aliphatic carbocycles. The molecule has 2 aromatic rings. The molecule has 1 aromatic heterocycles. The van der Waals surface area contributed by atoms with Gasteiger partial charge < -0.3 is 15.2 Å². The monoisotopic (exact) mass is 408 g/mol. The molecule has 0 saturated carbocycles. The van der Waals surface area contributed by atoms with Crippen LogP contribution >= 0.6 is 43.5 Å². The number of anilines is 1. The topological polar surface area (TPSA) is 83.2 Å². The quantitative estimate of drug-likeness (QED) is 0.835. The summed E-state index contributed by atoms with van der Waals surface area (Å²) < 4.78 is 12.0. The van der Waals surface area contributed by atoms with Crippen LogP contribution in [-0.2, 0) is 0 Å². The van der Waals surface area contributed by atoms with E-state index in [-0.39, 0.29) is 17.2 Å². The summed E-state index contributed by atoms with van der Waals surface area (Å²) in [6.45, 7) is 0. The first-order chi connectivity index (χ1) is 8.99. The molecule has 0 aliphatic rings. The molecule has 0 unspecified atom stereocenters. The van der Waals surface area contributed by atoms with Crippen molar-refractivity contribution in [3.05, 3.63) is 26.4 Å². The van der Waals surface area contributed by atoms with Crippen LogP contribution in [0.25, 0.3) is 0 Å². The van der Waals surface area contributed by atoms with Crippen molar-refractivity contribution in [1.29, 1.82) is 0 Å². The summed E-state index contributed by atoms with van der Waals surface area (Å²) in [5.74, 6) is 1.13. The maximum Gasteiger partial charge on any atom is 0.328 e. The van der Waals surface area contributed by atoms with Crippen molar-refractivity contribution < 1.29 is 9.47 Å². The van der Waals surface area contributed by atoms with Gasteiger partial charge in [0.2, 0.25) is 11.2 Å². The van der Waals surface area contributed by atoms with Crippen LogP contribution in [0.2, 0.25) is 5.28 Å². The van der Waals surface area contributed by atoms with E-state index < -0.39 is 0 Å². The van der Waals surface area contributed by atoms with E-state index in [0.29, 0.717) is 16.0 Å². The summed E-state index contributed by atoms with van der Waals surface area (Å²) in [5, 5.41) is -0.0359. The molecule has 100 valence electrons. The zero-order chi connectivity index (χ0) is 14.0. The smallest absolute Gasteiger partial charge is 0.328 e. The van der Waals surface area contributed by atoms with E-state index in [1.54, 1.807) is 19.2 Å². The van der Waals surface area contributed by atoms with E-state index in [4.69, 9.17) is 26.8 Å². The van der Waals surface area contributed by atoms with Crippen molar-refractivity contribution in [2.45, 2.75) is 0 Å². The van der Waals surface area contributed by atoms with Crippen molar-refractivity contribution >= 4 is 49.4 Å². The highest BCUT2D eigenvalue weighted by atomic mass is 79.9. The Kier molecular flexibility index (Phi) is 4.43. The van der Waals surface area contributed by atoms with Gasteiger partial charge in [-0.05, 0) is 49.5 Å². The molecule has 0 radical (unpaired) electrons. The summed E-state index contributed by atoms with van der Waals surface area (Å²) in [5.41, 5.74) is 5.46. The SMILES string of the molecule is COc1cc(Br)c(Oc2nc(N)nc(Cl)n2)cc1Br. The zero-order valence-corrected chi connectivity index (χ0v) is 13.5. The second kappa shape index (κ2) is 5.89. The number of nitrogens with zero attached hydrogens (tertiary/aromatic N) is 3. The van der Waals surface area contributed by atoms with Gasteiger partial charge in [0.1, 0.15) is 11.5 Å². The number of nitrogen functional groups attached to an aromatic ring is 1. The second-order valence-corrected chi connectivity index (χ2v) is 5.31. The van der Waals surface area contributed by atoms with Crippen molar-refractivity contribution in [2.24, 2.45) is 0 Å². The fraction of sp³-hybridized carbons (Fsp3) is 0.100. The van der Waals surface area contributed by atoms with Crippen molar-refractivity contribution in [1.82, 2.24) is 15.0 Å². The highest BCUT2D eigenvalue weighted by molar-refractivity contribution is 9.11. The lowest BCUT2D eigenvalue weighted by molar-refractivity contribution is 0.406. The maximum absolute atomic E-state index is 5.67. The summed E-state index contributed by atoms with van der Waals surface area (Å²) in [7, 11) is 1.57. The van der Waals surface area contributed by atoms with Crippen molar-refractivity contribution in [3.8, 4) is 17.5 Å². The fourth-order valence-corrected chi connectivity index (χ4v) is 2.28. The highest BCUT2D eigenvalue weighted by Gasteiger charge is 2.11. The Morgan fingerprint density at radius 3 is 2.37 bits per heavy atom. The highest BCUT2D eigenvalue weighted by Crippen LogP contribution is 2.37. The number of aromatic nitrogens is 3. The summed E-state index contributed by atoms with van der Waals surface area (Å²) >= 11 is 12.4. The molecule has 1 heterocycles. The maximum atomic E-state index is 5.67. The number of hydrogen-bond donors (Lipinski definition) is 1. The number of halogens is 3. The number of benzene rings is 1. The van der Waals surface area contributed by atoms with Gasteiger partial charge in [0.15, 0.2) is 0 Å². The minimum absolute atomic E-state index is 0.00951. The van der Waals surface area contributed by atoms with E-state index in [0.717, 1.165) is 4.47 Å². The lowest BCUT2D eigenvalue weighted by atomic mass is 10.3. The Bertz CT molecular complexity index is 606. The number of methoxy groups -OCH3 is 1. The molecule has 0 spiro atoms. The Balaban J connectivity index is 2.35. The summed E-state index contributed by atoms with van der Waals surface area (Å²) in [4.78, 5) is 11.3. The molecule has 19 heavy (non-hydrogen) atoms. The molecule has 2 N–H and O–H groups in total. The molecular formula is C10H7Br2ClN4O2. The Hall–Kier alpha value is -1.12. The molecule has 0 amide bonds. The zero-order valence-electron chi connectivity index (χ0n) is 9.52. The van der Waals surface area contributed by atoms with Gasteiger partial charge in [-0.15, -0.1) is 0 Å². The van der Waals surface area contributed by atoms with Gasteiger partial charge in [0.25, 0.3) is 0 Å². The van der Waals surface area contributed by atoms with E-state index >= 15 is 0 Å². The van der Waals surface area contributed by atoms with E-state index in [1.807, 2.05) is 0 Å². The molecule has 0 saturated heterocycles. The molecule has 0 atom stereocenters. The van der Waals surface area contributed by atoms with Crippen LogP contribution < -0.4 is 15.2 Å². The van der Waals surface area contributed by atoms with Crippen LogP contribution in [0, 0.1) is 0 Å². The van der Waals surface area contributed by atoms with Gasteiger partial charge in [0.05, 0.1) is 16.1 Å². The van der Waals surface area contributed by atoms with Gasteiger partial charge in [-0.3, -0.25) is 0 Å². The normalized spacial score (nSPS) is 10.3. The third-order valence-electron chi connectivity index (χ3n) is 2.01. The number of ether oxygens (including phenoxy) is 2. The van der Waals surface area contributed by atoms with Gasteiger partial charge in [-0.1, -0.05) is 0 Å². The van der Waals surface area contributed by atoms with Crippen LogP contribution in [0.4, 0.5) is 5.95 Å². The molecule has 2 rings (SSSR count). The van der Waals surface area contributed by atoms with Crippen LogP contribution in [0.5, 0.6) is 17.5 Å². The lowest BCUT2D eigenvalue weighted by Crippen LogP contribution is -2.00. The molecular weight excluding hydrogens is 403 g/mol. The minimum Gasteiger partial charge on any atom is -0.496 e. The predicted molar refractivity (Wildman–Crippen MR) is 77.7 cm³/mol. The van der Waals surface area contributed by atoms with Crippen molar-refractivity contribution in [2.75, 3.05) is 12.8 Å². The standard InChI is InChI=1S/C10H7Br2ClN4O2/c1-18-6-2-5(12)7(3-4(6)11)19-10-16-8(13)15-9(14)17-10/h2-3H,1H3,(H2,14,15,16,17). The van der Waals surface area contributed by atoms with Crippen LogP contribution in [0.15, 0.2) is 21.1 Å². The summed E-state index contributed by atoms with van der Waals surface area (Å²) in [6.07, 6.45) is 0. The molecule has 0 fully saturated rings. The number of nitrogens with two attached hydrogens (primary N) is 1. The molecule has 9 heteroatoms. The van der Waals surface area contributed by atoms with E-state index in [9.17, 15) is 0 Å². The Labute approximate surface area is 130 Å². The number of hydrogen-bond acceptors (Lipinski definition) is 6. The Morgan fingerprint density at radius 2 is 1.74 bits per heavy atom. The molecule has 0 bridgehead atoms. The van der Waals surface area contributed by atoms with Gasteiger partial charge >= 0.3 is 6.01 Å². The van der Waals surface area contributed by atoms with Gasteiger partial charge in [0, 0.05) is 6.07 Å². The van der Waals surface area contributed by atoms with Crippen molar-refractivity contribution in [3.63, 3.8) is 0 Å². The molecule has 0 aliphatic heterocycles. The second-order valence-electron chi connectivity index (χ2n) is 3.26. The first-order valence-electron chi connectivity index (χ1n) is 4.87. The first kappa shape index (κ1) is 14.3. The third kappa shape index (κ3) is 3.46. The van der Waals surface area contributed by atoms with Gasteiger partial charge in [-0.2, -0.15) is 15.0 Å². The van der Waals surface area contributed by atoms with Crippen LogP contribution in [0.1, 0.15) is 0 Å². The third-order valence-corrected chi connectivity index (χ3v) is 3.42. The minimum atomic E-state index is -0.0359. The molecule has 1 aromatic carbocycles. The largest absolute Gasteiger partial charge is 0.496 e. The van der Waals surface area contributed by atoms with Crippen LogP contribution in [0.3, 0.4) is 0 Å². The number of rotatable bonds is 3. The average Bonchev–Trinajstić information content (AvgIpc) is 2.32. The lowest BCUT2D eigenvalue weighted by Gasteiger charge is -2.09. The van der Waals surface area contributed by atoms with Gasteiger partial charge in [-0.25, -0.2) is 0 Å². The molecule has 6 nitrogen and oxygen atoms in total. The average molecular weight is 410 g/mol. The fourth-order valence-electron chi connectivity index (χ4n) is 1.24. The van der Waals surface area contributed by atoms with E-state index in [1.165, 1.54) is 0 Å².